The van der Waals surface area contributed by atoms with Crippen molar-refractivity contribution in [3.05, 3.63) is 24.1 Å². The van der Waals surface area contributed by atoms with E-state index in [0.717, 1.165) is 19.4 Å². The third-order valence-corrected chi connectivity index (χ3v) is 3.68. The van der Waals surface area contributed by atoms with Gasteiger partial charge in [-0.1, -0.05) is 0 Å². The van der Waals surface area contributed by atoms with Crippen molar-refractivity contribution < 1.29 is 9.21 Å². The lowest BCUT2D eigenvalue weighted by atomic mass is 9.98. The molecular formula is C14H17N5O2. The van der Waals surface area contributed by atoms with Gasteiger partial charge in [0.15, 0.2) is 0 Å². The van der Waals surface area contributed by atoms with Crippen LogP contribution in [0, 0.1) is 6.92 Å². The van der Waals surface area contributed by atoms with E-state index in [9.17, 15) is 4.79 Å². The number of hydrogen-bond donors (Lipinski definition) is 0. The van der Waals surface area contributed by atoms with Crippen LogP contribution in [0.5, 0.6) is 0 Å². The monoisotopic (exact) mass is 287 g/mol. The first-order valence-corrected chi connectivity index (χ1v) is 7.01. The Kier molecular flexibility index (Phi) is 3.64. The van der Waals surface area contributed by atoms with Crippen LogP contribution in [-0.2, 0) is 4.79 Å². The van der Waals surface area contributed by atoms with Crippen molar-refractivity contribution in [2.75, 3.05) is 13.1 Å². The zero-order valence-corrected chi connectivity index (χ0v) is 12.1. The molecule has 0 aliphatic carbocycles. The second-order valence-corrected chi connectivity index (χ2v) is 5.27. The third kappa shape index (κ3) is 2.91. The molecule has 0 spiro atoms. The number of likely N-dealkylation sites (tertiary alicyclic amines) is 1. The van der Waals surface area contributed by atoms with E-state index >= 15 is 0 Å². The summed E-state index contributed by atoms with van der Waals surface area (Å²) in [5.74, 6) is 1.89. The van der Waals surface area contributed by atoms with Crippen LogP contribution in [0.4, 0.5) is 0 Å². The second kappa shape index (κ2) is 5.59. The number of piperidine rings is 1. The second-order valence-electron chi connectivity index (χ2n) is 5.27. The Labute approximate surface area is 122 Å². The van der Waals surface area contributed by atoms with E-state index < -0.39 is 0 Å². The summed E-state index contributed by atoms with van der Waals surface area (Å²) >= 11 is 0. The zero-order chi connectivity index (χ0) is 14.8. The van der Waals surface area contributed by atoms with Gasteiger partial charge < -0.3 is 9.32 Å². The van der Waals surface area contributed by atoms with Crippen LogP contribution in [-0.4, -0.2) is 44.1 Å². The summed E-state index contributed by atoms with van der Waals surface area (Å²) in [7, 11) is 0. The predicted molar refractivity (Wildman–Crippen MR) is 74.3 cm³/mol. The van der Waals surface area contributed by atoms with Crippen molar-refractivity contribution in [1.29, 1.82) is 0 Å². The molecule has 1 aliphatic rings. The van der Waals surface area contributed by atoms with Crippen LogP contribution in [0.15, 0.2) is 16.8 Å². The molecule has 1 saturated heterocycles. The van der Waals surface area contributed by atoms with Crippen LogP contribution in [0.1, 0.15) is 37.4 Å². The summed E-state index contributed by atoms with van der Waals surface area (Å²) in [6, 6.07) is 0. The average molecular weight is 287 g/mol. The smallest absolute Gasteiger partial charge is 0.250 e. The van der Waals surface area contributed by atoms with Crippen LogP contribution >= 0.6 is 0 Å². The van der Waals surface area contributed by atoms with Crippen molar-refractivity contribution in [2.24, 2.45) is 0 Å². The summed E-state index contributed by atoms with van der Waals surface area (Å²) in [6.45, 7) is 4.85. The van der Waals surface area contributed by atoms with Gasteiger partial charge in [-0.2, -0.15) is 0 Å². The molecule has 2 aromatic heterocycles. The highest BCUT2D eigenvalue weighted by Gasteiger charge is 2.27. The molecular weight excluding hydrogens is 270 g/mol. The molecule has 0 aromatic carbocycles. The van der Waals surface area contributed by atoms with Crippen LogP contribution in [0.3, 0.4) is 0 Å². The van der Waals surface area contributed by atoms with E-state index in [2.05, 4.69) is 20.2 Å². The zero-order valence-electron chi connectivity index (χ0n) is 12.1. The standard InChI is InChI=1S/C14H17N5O2/c1-9-15-6-12(7-16-9)14-18-17-13(21-14)11-4-3-5-19(8-11)10(2)20/h6-7,11H,3-5,8H2,1-2H3/t11-/m1/s1. The minimum atomic E-state index is 0.0892. The molecule has 0 saturated carbocycles. The van der Waals surface area contributed by atoms with Crippen molar-refractivity contribution in [3.8, 4) is 11.5 Å². The van der Waals surface area contributed by atoms with Crippen molar-refractivity contribution in [2.45, 2.75) is 32.6 Å². The molecule has 0 unspecified atom stereocenters. The Morgan fingerprint density at radius 1 is 1.33 bits per heavy atom. The summed E-state index contributed by atoms with van der Waals surface area (Å²) in [5.41, 5.74) is 0.707. The molecule has 0 N–H and O–H groups in total. The minimum Gasteiger partial charge on any atom is -0.420 e. The molecule has 1 fully saturated rings. The summed E-state index contributed by atoms with van der Waals surface area (Å²) in [4.78, 5) is 21.5. The van der Waals surface area contributed by atoms with Gasteiger partial charge in [0.1, 0.15) is 5.82 Å². The Hall–Kier alpha value is -2.31. The first-order chi connectivity index (χ1) is 10.1. The van der Waals surface area contributed by atoms with Crippen molar-refractivity contribution >= 4 is 5.91 Å². The van der Waals surface area contributed by atoms with E-state index in [4.69, 9.17) is 4.42 Å². The molecule has 1 atom stereocenters. The SMILES string of the molecule is CC(=O)N1CCC[C@@H](c2nnc(-c3cnc(C)nc3)o2)C1. The van der Waals surface area contributed by atoms with Gasteiger partial charge in [-0.15, -0.1) is 10.2 Å². The van der Waals surface area contributed by atoms with Gasteiger partial charge in [0.2, 0.25) is 11.8 Å². The predicted octanol–water partition coefficient (Wildman–Crippen LogP) is 1.56. The molecule has 21 heavy (non-hydrogen) atoms. The molecule has 2 aromatic rings. The summed E-state index contributed by atoms with van der Waals surface area (Å²) in [6.07, 6.45) is 5.25. The van der Waals surface area contributed by atoms with Gasteiger partial charge in [-0.3, -0.25) is 4.79 Å². The lowest BCUT2D eigenvalue weighted by Crippen LogP contribution is -2.37. The first kappa shape index (κ1) is 13.7. The fourth-order valence-corrected chi connectivity index (χ4v) is 2.48. The van der Waals surface area contributed by atoms with E-state index in [1.807, 2.05) is 11.8 Å². The maximum Gasteiger partial charge on any atom is 0.250 e. The van der Waals surface area contributed by atoms with Gasteiger partial charge in [0.05, 0.1) is 11.5 Å². The maximum atomic E-state index is 11.5. The fraction of sp³-hybridized carbons (Fsp3) is 0.500. The summed E-state index contributed by atoms with van der Waals surface area (Å²) in [5, 5.41) is 8.18. The molecule has 7 heteroatoms. The highest BCUT2D eigenvalue weighted by Crippen LogP contribution is 2.28. The van der Waals surface area contributed by atoms with Crippen LogP contribution < -0.4 is 0 Å². The molecule has 0 bridgehead atoms. The van der Waals surface area contributed by atoms with E-state index in [1.165, 1.54) is 0 Å². The Balaban J connectivity index is 1.78. The third-order valence-electron chi connectivity index (χ3n) is 3.68. The molecule has 7 nitrogen and oxygen atoms in total. The minimum absolute atomic E-state index is 0.0892. The Bertz CT molecular complexity index is 637. The number of rotatable bonds is 2. The molecule has 3 rings (SSSR count). The number of carbonyl (C=O) groups is 1. The average Bonchev–Trinajstić information content (AvgIpc) is 2.98. The largest absolute Gasteiger partial charge is 0.420 e. The van der Waals surface area contributed by atoms with Crippen molar-refractivity contribution in [1.82, 2.24) is 25.1 Å². The number of aryl methyl sites for hydroxylation is 1. The Morgan fingerprint density at radius 2 is 2.10 bits per heavy atom. The molecule has 1 amide bonds. The maximum absolute atomic E-state index is 11.5. The normalized spacial score (nSPS) is 18.8. The van der Waals surface area contributed by atoms with E-state index in [-0.39, 0.29) is 11.8 Å². The van der Waals surface area contributed by atoms with Gasteiger partial charge in [0.25, 0.3) is 5.89 Å². The topological polar surface area (TPSA) is 85.0 Å². The number of nitrogens with zero attached hydrogens (tertiary/aromatic N) is 5. The van der Waals surface area contributed by atoms with E-state index in [1.54, 1.807) is 19.3 Å². The van der Waals surface area contributed by atoms with Gasteiger partial charge in [-0.25, -0.2) is 9.97 Å². The first-order valence-electron chi connectivity index (χ1n) is 7.01. The lowest BCUT2D eigenvalue weighted by Gasteiger charge is -2.30. The highest BCUT2D eigenvalue weighted by atomic mass is 16.4. The number of amides is 1. The van der Waals surface area contributed by atoms with Crippen LogP contribution in [0.25, 0.3) is 11.5 Å². The molecule has 3 heterocycles. The van der Waals surface area contributed by atoms with E-state index in [0.29, 0.717) is 29.7 Å². The van der Waals surface area contributed by atoms with Gasteiger partial charge >= 0.3 is 0 Å². The van der Waals surface area contributed by atoms with Gasteiger partial charge in [-0.05, 0) is 19.8 Å². The molecule has 0 radical (unpaired) electrons. The lowest BCUT2D eigenvalue weighted by molar-refractivity contribution is -0.130. The number of aromatic nitrogens is 4. The van der Waals surface area contributed by atoms with Crippen molar-refractivity contribution in [3.63, 3.8) is 0 Å². The number of hydrogen-bond acceptors (Lipinski definition) is 6. The van der Waals surface area contributed by atoms with Crippen LogP contribution in [0.2, 0.25) is 0 Å². The molecule has 110 valence electrons. The molecule has 1 aliphatic heterocycles. The summed E-state index contributed by atoms with van der Waals surface area (Å²) < 4.78 is 5.74. The fourth-order valence-electron chi connectivity index (χ4n) is 2.48. The van der Waals surface area contributed by atoms with Gasteiger partial charge in [0, 0.05) is 32.4 Å². The quantitative estimate of drug-likeness (QED) is 0.833. The Morgan fingerprint density at radius 3 is 2.81 bits per heavy atom. The highest BCUT2D eigenvalue weighted by molar-refractivity contribution is 5.73. The number of carbonyl (C=O) groups excluding carboxylic acids is 1.